The maximum atomic E-state index is 12.4. The third-order valence-electron chi connectivity index (χ3n) is 3.99. The van der Waals surface area contributed by atoms with Gasteiger partial charge in [-0.1, -0.05) is 6.08 Å². The molecule has 24 heavy (non-hydrogen) atoms. The lowest BCUT2D eigenvalue weighted by molar-refractivity contribution is 0.0339. The smallest absolute Gasteiger partial charge is 0.185 e. The van der Waals surface area contributed by atoms with E-state index in [1.807, 2.05) is 12.1 Å². The van der Waals surface area contributed by atoms with Crippen LogP contribution in [0.3, 0.4) is 0 Å². The van der Waals surface area contributed by atoms with Gasteiger partial charge in [-0.05, 0) is 42.0 Å². The molecule has 1 aromatic carbocycles. The molecule has 1 N–H and O–H groups in total. The van der Waals surface area contributed by atoms with Crippen molar-refractivity contribution in [3.63, 3.8) is 0 Å². The van der Waals surface area contributed by atoms with E-state index in [0.29, 0.717) is 25.3 Å². The Morgan fingerprint density at radius 1 is 1.21 bits per heavy atom. The van der Waals surface area contributed by atoms with E-state index >= 15 is 0 Å². The van der Waals surface area contributed by atoms with Crippen molar-refractivity contribution in [2.75, 3.05) is 26.3 Å². The Balaban J connectivity index is 1.72. The molecule has 0 bridgehead atoms. The topological polar surface area (TPSA) is 62.7 Å². The average Bonchev–Trinajstić information content (AvgIpc) is 2.63. The lowest BCUT2D eigenvalue weighted by atomic mass is 10.0. The summed E-state index contributed by atoms with van der Waals surface area (Å²) in [4.78, 5) is 18.5. The van der Waals surface area contributed by atoms with Crippen molar-refractivity contribution in [3.8, 4) is 5.75 Å². The van der Waals surface area contributed by atoms with Gasteiger partial charge in [0.2, 0.25) is 0 Å². The number of benzene rings is 1. The van der Waals surface area contributed by atoms with E-state index in [0.717, 1.165) is 24.2 Å². The van der Waals surface area contributed by atoms with Crippen LogP contribution in [0.2, 0.25) is 0 Å². The van der Waals surface area contributed by atoms with Gasteiger partial charge in [0, 0.05) is 43.2 Å². The number of aromatic nitrogens is 1. The Morgan fingerprint density at radius 2 is 1.96 bits per heavy atom. The Kier molecular flexibility index (Phi) is 5.36. The second-order valence-corrected chi connectivity index (χ2v) is 5.71. The van der Waals surface area contributed by atoms with Gasteiger partial charge in [-0.3, -0.25) is 14.7 Å². The number of nitrogens with zero attached hydrogens (tertiary/aromatic N) is 2. The largest absolute Gasteiger partial charge is 0.508 e. The van der Waals surface area contributed by atoms with Gasteiger partial charge >= 0.3 is 0 Å². The number of ketones is 1. The average molecular weight is 324 g/mol. The van der Waals surface area contributed by atoms with Crippen LogP contribution in [-0.4, -0.2) is 47.1 Å². The zero-order valence-electron chi connectivity index (χ0n) is 13.4. The minimum atomic E-state index is -0.0879. The highest BCUT2D eigenvalue weighted by Gasteiger charge is 2.14. The molecule has 1 aliphatic rings. The minimum absolute atomic E-state index is 0.0879. The van der Waals surface area contributed by atoms with E-state index in [2.05, 4.69) is 9.88 Å². The molecule has 0 radical (unpaired) electrons. The third-order valence-corrected chi connectivity index (χ3v) is 3.99. The predicted molar refractivity (Wildman–Crippen MR) is 91.8 cm³/mol. The fourth-order valence-corrected chi connectivity index (χ4v) is 2.61. The zero-order valence-corrected chi connectivity index (χ0v) is 13.4. The zero-order chi connectivity index (χ0) is 16.8. The molecule has 0 saturated carbocycles. The van der Waals surface area contributed by atoms with E-state index in [-0.39, 0.29) is 11.5 Å². The van der Waals surface area contributed by atoms with Crippen LogP contribution in [0.5, 0.6) is 5.75 Å². The van der Waals surface area contributed by atoms with Crippen LogP contribution >= 0.6 is 0 Å². The van der Waals surface area contributed by atoms with Crippen molar-refractivity contribution in [2.45, 2.75) is 6.54 Å². The number of phenols is 1. The first-order valence-electron chi connectivity index (χ1n) is 7.97. The number of morpholine rings is 1. The fourth-order valence-electron chi connectivity index (χ4n) is 2.61. The highest BCUT2D eigenvalue weighted by Crippen LogP contribution is 2.21. The first-order chi connectivity index (χ1) is 11.7. The van der Waals surface area contributed by atoms with E-state index in [1.54, 1.807) is 42.7 Å². The van der Waals surface area contributed by atoms with Crippen molar-refractivity contribution >= 4 is 11.9 Å². The minimum Gasteiger partial charge on any atom is -0.508 e. The number of rotatable bonds is 5. The van der Waals surface area contributed by atoms with Crippen molar-refractivity contribution in [3.05, 3.63) is 65.5 Å². The van der Waals surface area contributed by atoms with Gasteiger partial charge in [0.15, 0.2) is 5.78 Å². The summed E-state index contributed by atoms with van der Waals surface area (Å²) in [6.07, 6.45) is 6.68. The lowest BCUT2D eigenvalue weighted by Gasteiger charge is -2.26. The molecule has 0 atom stereocenters. The van der Waals surface area contributed by atoms with E-state index in [1.165, 1.54) is 0 Å². The second-order valence-electron chi connectivity index (χ2n) is 5.71. The normalized spacial score (nSPS) is 15.7. The first-order valence-corrected chi connectivity index (χ1v) is 7.97. The van der Waals surface area contributed by atoms with Crippen LogP contribution in [0.4, 0.5) is 0 Å². The third kappa shape index (κ3) is 4.28. The summed E-state index contributed by atoms with van der Waals surface area (Å²) < 4.78 is 5.33. The maximum absolute atomic E-state index is 12.4. The molecule has 0 amide bonds. The molecule has 2 aromatic rings. The Morgan fingerprint density at radius 3 is 2.71 bits per heavy atom. The number of phenolic OH excluding ortho intramolecular Hbond substituents is 1. The van der Waals surface area contributed by atoms with Crippen molar-refractivity contribution in [2.24, 2.45) is 0 Å². The van der Waals surface area contributed by atoms with Gasteiger partial charge in [0.1, 0.15) is 5.75 Å². The number of allylic oxidation sites excluding steroid dienone is 1. The highest BCUT2D eigenvalue weighted by atomic mass is 16.5. The molecule has 0 spiro atoms. The highest BCUT2D eigenvalue weighted by molar-refractivity contribution is 6.07. The molecule has 0 unspecified atom stereocenters. The summed E-state index contributed by atoms with van der Waals surface area (Å²) >= 11 is 0. The quantitative estimate of drug-likeness (QED) is 0.676. The monoisotopic (exact) mass is 324 g/mol. The summed E-state index contributed by atoms with van der Waals surface area (Å²) in [5.74, 6) is 0.131. The van der Waals surface area contributed by atoms with E-state index < -0.39 is 0 Å². The summed E-state index contributed by atoms with van der Waals surface area (Å²) in [6.45, 7) is 3.69. The maximum Gasteiger partial charge on any atom is 0.185 e. The molecular formula is C19H20N2O3. The Hall–Kier alpha value is -2.50. The molecule has 5 heteroatoms. The van der Waals surface area contributed by atoms with Crippen LogP contribution in [0.25, 0.3) is 6.08 Å². The number of aromatic hydroxyl groups is 1. The Labute approximate surface area is 141 Å². The Bertz CT molecular complexity index is 723. The van der Waals surface area contributed by atoms with Gasteiger partial charge in [-0.15, -0.1) is 0 Å². The van der Waals surface area contributed by atoms with Crippen LogP contribution in [-0.2, 0) is 11.3 Å². The van der Waals surface area contributed by atoms with E-state index in [4.69, 9.17) is 4.74 Å². The number of ether oxygens (including phenoxy) is 1. The van der Waals surface area contributed by atoms with Crippen molar-refractivity contribution in [1.82, 2.24) is 9.88 Å². The molecule has 1 saturated heterocycles. The molecule has 0 aliphatic carbocycles. The molecule has 1 aromatic heterocycles. The number of hydrogen-bond acceptors (Lipinski definition) is 5. The predicted octanol–water partition coefficient (Wildman–Crippen LogP) is 2.52. The number of carbonyl (C=O) groups is 1. The SMILES string of the molecule is O=C(/C=C/c1ccncc1)c1ccc(O)c(CN2CCOCC2)c1. The summed E-state index contributed by atoms with van der Waals surface area (Å²) in [5.41, 5.74) is 2.26. The van der Waals surface area contributed by atoms with Crippen LogP contribution in [0, 0.1) is 0 Å². The number of carbonyl (C=O) groups excluding carboxylic acids is 1. The van der Waals surface area contributed by atoms with Crippen LogP contribution < -0.4 is 0 Å². The van der Waals surface area contributed by atoms with Gasteiger partial charge in [0.25, 0.3) is 0 Å². The number of hydrogen-bond donors (Lipinski definition) is 1. The van der Waals surface area contributed by atoms with Crippen LogP contribution in [0.1, 0.15) is 21.5 Å². The molecule has 3 rings (SSSR count). The van der Waals surface area contributed by atoms with Gasteiger partial charge in [0.05, 0.1) is 13.2 Å². The van der Waals surface area contributed by atoms with Crippen molar-refractivity contribution < 1.29 is 14.6 Å². The first kappa shape index (κ1) is 16.4. The molecule has 2 heterocycles. The van der Waals surface area contributed by atoms with Crippen molar-refractivity contribution in [1.29, 1.82) is 0 Å². The van der Waals surface area contributed by atoms with Crippen LogP contribution in [0.15, 0.2) is 48.8 Å². The molecule has 1 fully saturated rings. The van der Waals surface area contributed by atoms with Gasteiger partial charge < -0.3 is 9.84 Å². The lowest BCUT2D eigenvalue weighted by Crippen LogP contribution is -2.35. The summed E-state index contributed by atoms with van der Waals surface area (Å²) in [7, 11) is 0. The molecule has 1 aliphatic heterocycles. The van der Waals surface area contributed by atoms with E-state index in [9.17, 15) is 9.90 Å². The fraction of sp³-hybridized carbons (Fsp3) is 0.263. The summed E-state index contributed by atoms with van der Waals surface area (Å²) in [5, 5.41) is 10.1. The second kappa shape index (κ2) is 7.86. The standard InChI is InChI=1S/C19H20N2O3/c22-18(3-1-15-5-7-20-8-6-15)16-2-4-19(23)17(13-16)14-21-9-11-24-12-10-21/h1-8,13,23H,9-12,14H2/b3-1+. The van der Waals surface area contributed by atoms with Gasteiger partial charge in [-0.2, -0.15) is 0 Å². The molecule has 5 nitrogen and oxygen atoms in total. The number of pyridine rings is 1. The molecule has 124 valence electrons. The summed E-state index contributed by atoms with van der Waals surface area (Å²) in [6, 6.07) is 8.68. The molecular weight excluding hydrogens is 304 g/mol. The van der Waals surface area contributed by atoms with Gasteiger partial charge in [-0.25, -0.2) is 0 Å².